The van der Waals surface area contributed by atoms with Gasteiger partial charge in [-0.15, -0.1) is 0 Å². The molecule has 0 fully saturated rings. The number of hydrogen-bond acceptors (Lipinski definition) is 2. The van der Waals surface area contributed by atoms with Crippen molar-refractivity contribution in [1.82, 2.24) is 9.78 Å². The summed E-state index contributed by atoms with van der Waals surface area (Å²) in [5.41, 5.74) is 6.97. The van der Waals surface area contributed by atoms with Crippen molar-refractivity contribution >= 4 is 0 Å². The average molecular weight is 205 g/mol. The number of rotatable bonds is 3. The molecular formula is C11H12FN3. The van der Waals surface area contributed by atoms with Crippen LogP contribution in [0.3, 0.4) is 0 Å². The number of halogens is 1. The summed E-state index contributed by atoms with van der Waals surface area (Å²) in [6.07, 6.45) is 3.58. The Kier molecular flexibility index (Phi) is 2.78. The third-order valence-electron chi connectivity index (χ3n) is 2.23. The van der Waals surface area contributed by atoms with E-state index in [0.717, 1.165) is 5.56 Å². The van der Waals surface area contributed by atoms with Gasteiger partial charge in [-0.25, -0.2) is 4.39 Å². The number of hydrogen-bond donors (Lipinski definition) is 1. The summed E-state index contributed by atoms with van der Waals surface area (Å²) in [4.78, 5) is 0. The summed E-state index contributed by atoms with van der Waals surface area (Å²) in [5, 5.41) is 4.08. The lowest BCUT2D eigenvalue weighted by Gasteiger charge is -2.05. The van der Waals surface area contributed by atoms with Crippen LogP contribution in [0.15, 0.2) is 36.7 Å². The van der Waals surface area contributed by atoms with Crippen molar-refractivity contribution in [3.05, 3.63) is 53.6 Å². The van der Waals surface area contributed by atoms with Crippen LogP contribution in [0.25, 0.3) is 0 Å². The lowest BCUT2D eigenvalue weighted by molar-refractivity contribution is 0.607. The van der Waals surface area contributed by atoms with Gasteiger partial charge >= 0.3 is 0 Å². The van der Waals surface area contributed by atoms with Crippen molar-refractivity contribution in [1.29, 1.82) is 0 Å². The molecule has 15 heavy (non-hydrogen) atoms. The molecule has 0 aliphatic rings. The minimum atomic E-state index is -0.248. The largest absolute Gasteiger partial charge is 0.326 e. The maximum absolute atomic E-state index is 13.1. The van der Waals surface area contributed by atoms with E-state index < -0.39 is 0 Å². The molecule has 1 aromatic carbocycles. The smallest absolute Gasteiger partial charge is 0.127 e. The lowest BCUT2D eigenvalue weighted by Crippen LogP contribution is -2.04. The van der Waals surface area contributed by atoms with Gasteiger partial charge in [0, 0.05) is 24.5 Å². The zero-order chi connectivity index (χ0) is 10.7. The maximum atomic E-state index is 13.1. The maximum Gasteiger partial charge on any atom is 0.127 e. The molecule has 2 N–H and O–H groups in total. The summed E-state index contributed by atoms with van der Waals surface area (Å²) >= 11 is 0. The van der Waals surface area contributed by atoms with E-state index in [4.69, 9.17) is 5.73 Å². The Morgan fingerprint density at radius 3 is 2.93 bits per heavy atom. The van der Waals surface area contributed by atoms with Crippen molar-refractivity contribution in [3.8, 4) is 0 Å². The summed E-state index contributed by atoms with van der Waals surface area (Å²) < 4.78 is 14.9. The molecular weight excluding hydrogens is 193 g/mol. The summed E-state index contributed by atoms with van der Waals surface area (Å²) in [7, 11) is 0. The predicted molar refractivity (Wildman–Crippen MR) is 55.6 cm³/mol. The van der Waals surface area contributed by atoms with Gasteiger partial charge in [-0.1, -0.05) is 6.07 Å². The number of benzene rings is 1. The minimum absolute atomic E-state index is 0.221. The molecule has 0 bridgehead atoms. The fourth-order valence-corrected chi connectivity index (χ4v) is 1.46. The fourth-order valence-electron chi connectivity index (χ4n) is 1.46. The molecule has 0 aliphatic heterocycles. The monoisotopic (exact) mass is 205 g/mol. The van der Waals surface area contributed by atoms with Crippen LogP contribution >= 0.6 is 0 Å². The van der Waals surface area contributed by atoms with Crippen LogP contribution in [0.5, 0.6) is 0 Å². The van der Waals surface area contributed by atoms with E-state index >= 15 is 0 Å². The van der Waals surface area contributed by atoms with Gasteiger partial charge < -0.3 is 5.73 Å². The van der Waals surface area contributed by atoms with E-state index in [1.807, 2.05) is 12.3 Å². The standard InChI is InChI=1S/C11H12FN3/c12-11-3-2-9(6-10(11)7-13)8-15-5-1-4-14-15/h1-6H,7-8,13H2. The van der Waals surface area contributed by atoms with Crippen LogP contribution in [-0.2, 0) is 13.1 Å². The Labute approximate surface area is 87.3 Å². The first kappa shape index (κ1) is 9.86. The minimum Gasteiger partial charge on any atom is -0.326 e. The van der Waals surface area contributed by atoms with Gasteiger partial charge in [0.1, 0.15) is 5.82 Å². The highest BCUT2D eigenvalue weighted by molar-refractivity contribution is 5.25. The first-order chi connectivity index (χ1) is 7.29. The van der Waals surface area contributed by atoms with Gasteiger partial charge in [0.15, 0.2) is 0 Å². The second-order valence-electron chi connectivity index (χ2n) is 3.33. The highest BCUT2D eigenvalue weighted by Crippen LogP contribution is 2.10. The molecule has 2 rings (SSSR count). The molecule has 2 aromatic rings. The quantitative estimate of drug-likeness (QED) is 0.825. The van der Waals surface area contributed by atoms with E-state index in [9.17, 15) is 4.39 Å². The van der Waals surface area contributed by atoms with Gasteiger partial charge in [-0.3, -0.25) is 4.68 Å². The molecule has 0 unspecified atom stereocenters. The molecule has 0 saturated heterocycles. The van der Waals surface area contributed by atoms with Crippen molar-refractivity contribution in [3.63, 3.8) is 0 Å². The van der Waals surface area contributed by atoms with Crippen LogP contribution in [0, 0.1) is 5.82 Å². The Bertz CT molecular complexity index is 437. The molecule has 0 radical (unpaired) electrons. The molecule has 1 aromatic heterocycles. The highest BCUT2D eigenvalue weighted by atomic mass is 19.1. The molecule has 3 nitrogen and oxygen atoms in total. The lowest BCUT2D eigenvalue weighted by atomic mass is 10.1. The topological polar surface area (TPSA) is 43.8 Å². The first-order valence-electron chi connectivity index (χ1n) is 4.74. The molecule has 0 saturated carbocycles. The Hall–Kier alpha value is -1.68. The average Bonchev–Trinajstić information content (AvgIpc) is 2.73. The molecule has 0 atom stereocenters. The molecule has 1 heterocycles. The number of aromatic nitrogens is 2. The number of nitrogens with zero attached hydrogens (tertiary/aromatic N) is 2. The number of nitrogens with two attached hydrogens (primary N) is 1. The third-order valence-corrected chi connectivity index (χ3v) is 2.23. The summed E-state index contributed by atoms with van der Waals surface area (Å²) in [5.74, 6) is -0.248. The predicted octanol–water partition coefficient (Wildman–Crippen LogP) is 1.53. The van der Waals surface area contributed by atoms with Gasteiger partial charge in [0.2, 0.25) is 0 Å². The summed E-state index contributed by atoms with van der Waals surface area (Å²) in [6.45, 7) is 0.860. The third kappa shape index (κ3) is 2.22. The van der Waals surface area contributed by atoms with Gasteiger partial charge in [0.25, 0.3) is 0 Å². The van der Waals surface area contributed by atoms with Gasteiger partial charge in [-0.05, 0) is 23.8 Å². The Morgan fingerprint density at radius 2 is 2.27 bits per heavy atom. The molecule has 0 spiro atoms. The summed E-state index contributed by atoms with van der Waals surface area (Å²) in [6, 6.07) is 6.82. The second-order valence-corrected chi connectivity index (χ2v) is 3.33. The van der Waals surface area contributed by atoms with Crippen LogP contribution in [-0.4, -0.2) is 9.78 Å². The first-order valence-corrected chi connectivity index (χ1v) is 4.74. The van der Waals surface area contributed by atoms with Crippen LogP contribution in [0.1, 0.15) is 11.1 Å². The van der Waals surface area contributed by atoms with Gasteiger partial charge in [0.05, 0.1) is 6.54 Å². The van der Waals surface area contributed by atoms with E-state index in [1.54, 1.807) is 23.0 Å². The molecule has 0 aliphatic carbocycles. The van der Waals surface area contributed by atoms with Crippen molar-refractivity contribution in [2.45, 2.75) is 13.1 Å². The van der Waals surface area contributed by atoms with Crippen LogP contribution in [0.2, 0.25) is 0 Å². The molecule has 78 valence electrons. The zero-order valence-electron chi connectivity index (χ0n) is 8.23. The van der Waals surface area contributed by atoms with E-state index in [2.05, 4.69) is 5.10 Å². The van der Waals surface area contributed by atoms with E-state index in [-0.39, 0.29) is 12.4 Å². The molecule has 4 heteroatoms. The van der Waals surface area contributed by atoms with Crippen molar-refractivity contribution in [2.75, 3.05) is 0 Å². The van der Waals surface area contributed by atoms with E-state index in [0.29, 0.717) is 12.1 Å². The Balaban J connectivity index is 2.22. The fraction of sp³-hybridized carbons (Fsp3) is 0.182. The van der Waals surface area contributed by atoms with Crippen molar-refractivity contribution in [2.24, 2.45) is 5.73 Å². The second kappa shape index (κ2) is 4.23. The molecule has 0 amide bonds. The van der Waals surface area contributed by atoms with Gasteiger partial charge in [-0.2, -0.15) is 5.10 Å². The van der Waals surface area contributed by atoms with Crippen molar-refractivity contribution < 1.29 is 4.39 Å². The Morgan fingerprint density at radius 1 is 1.40 bits per heavy atom. The zero-order valence-corrected chi connectivity index (χ0v) is 8.23. The normalized spacial score (nSPS) is 10.5. The SMILES string of the molecule is NCc1cc(Cn2cccn2)ccc1F. The highest BCUT2D eigenvalue weighted by Gasteiger charge is 2.02. The van der Waals surface area contributed by atoms with Crippen LogP contribution in [0.4, 0.5) is 4.39 Å². The van der Waals surface area contributed by atoms with Crippen LogP contribution < -0.4 is 5.73 Å². The van der Waals surface area contributed by atoms with E-state index in [1.165, 1.54) is 6.07 Å².